The summed E-state index contributed by atoms with van der Waals surface area (Å²) >= 11 is 1.50. The zero-order chi connectivity index (χ0) is 12.8. The molecule has 19 heavy (non-hydrogen) atoms. The third kappa shape index (κ3) is 4.34. The Kier molecular flexibility index (Phi) is 7.13. The summed E-state index contributed by atoms with van der Waals surface area (Å²) in [6.07, 6.45) is 1.05. The second kappa shape index (κ2) is 8.35. The van der Waals surface area contributed by atoms with Gasteiger partial charge in [0.25, 0.3) is 0 Å². The lowest BCUT2D eigenvalue weighted by Gasteiger charge is -2.17. The molecule has 5 heteroatoms. The van der Waals surface area contributed by atoms with Crippen molar-refractivity contribution < 1.29 is 4.74 Å². The second-order valence-corrected chi connectivity index (χ2v) is 5.02. The fourth-order valence-corrected chi connectivity index (χ4v) is 2.69. The van der Waals surface area contributed by atoms with Crippen LogP contribution in [0.4, 0.5) is 0 Å². The van der Waals surface area contributed by atoms with Crippen molar-refractivity contribution in [3.63, 3.8) is 0 Å². The van der Waals surface area contributed by atoms with Crippen LogP contribution >= 0.6 is 23.9 Å². The molecule has 0 amide bonds. The largest absolute Gasteiger partial charge is 0.477 e. The van der Waals surface area contributed by atoms with Crippen molar-refractivity contribution in [2.75, 3.05) is 26.2 Å². The summed E-state index contributed by atoms with van der Waals surface area (Å²) in [4.78, 5) is 2.41. The van der Waals surface area contributed by atoms with Gasteiger partial charge in [-0.3, -0.25) is 0 Å². The molecule has 106 valence electrons. The quantitative estimate of drug-likeness (QED) is 0.727. The summed E-state index contributed by atoms with van der Waals surface area (Å²) in [5.41, 5.74) is 0. The van der Waals surface area contributed by atoms with Crippen molar-refractivity contribution in [3.05, 3.63) is 24.3 Å². The molecular weight excluding hydrogens is 280 g/mol. The Hall–Kier alpha value is -0.840. The molecule has 0 atom stereocenters. The fourth-order valence-electron chi connectivity index (χ4n) is 1.96. The number of aromatic nitrogens is 1. The predicted octanol–water partition coefficient (Wildman–Crippen LogP) is 3.83. The van der Waals surface area contributed by atoms with Crippen LogP contribution in [0.25, 0.3) is 10.1 Å². The summed E-state index contributed by atoms with van der Waals surface area (Å²) in [5.74, 6) is 0.787. The minimum Gasteiger partial charge on any atom is -0.477 e. The Labute approximate surface area is 125 Å². The molecule has 0 aliphatic heterocycles. The Morgan fingerprint density at radius 1 is 1.21 bits per heavy atom. The zero-order valence-electron chi connectivity index (χ0n) is 11.5. The van der Waals surface area contributed by atoms with E-state index in [0.717, 1.165) is 43.9 Å². The molecule has 1 aromatic heterocycles. The van der Waals surface area contributed by atoms with E-state index in [0.29, 0.717) is 0 Å². The second-order valence-electron chi connectivity index (χ2n) is 4.21. The molecular formula is C14H21ClN2OS. The van der Waals surface area contributed by atoms with E-state index in [2.05, 4.69) is 35.3 Å². The first-order chi connectivity index (χ1) is 8.85. The van der Waals surface area contributed by atoms with Gasteiger partial charge in [0.05, 0.1) is 16.7 Å². The van der Waals surface area contributed by atoms with Crippen molar-refractivity contribution in [2.45, 2.75) is 20.3 Å². The Balaban J connectivity index is 0.00000180. The minimum atomic E-state index is 0. The summed E-state index contributed by atoms with van der Waals surface area (Å²) in [7, 11) is 0. The zero-order valence-corrected chi connectivity index (χ0v) is 13.1. The fraction of sp³-hybridized carbons (Fsp3) is 0.500. The summed E-state index contributed by atoms with van der Waals surface area (Å²) in [6.45, 7) is 8.43. The maximum Gasteiger partial charge on any atom is 0.233 e. The number of hydrogen-bond acceptors (Lipinski definition) is 4. The molecule has 0 aliphatic carbocycles. The lowest BCUT2D eigenvalue weighted by Crippen LogP contribution is -2.25. The summed E-state index contributed by atoms with van der Waals surface area (Å²) < 4.78 is 11.3. The first-order valence-electron chi connectivity index (χ1n) is 6.54. The summed E-state index contributed by atoms with van der Waals surface area (Å²) in [5, 5.41) is 1.13. The smallest absolute Gasteiger partial charge is 0.233 e. The number of benzene rings is 1. The van der Waals surface area contributed by atoms with Crippen LogP contribution in [0.5, 0.6) is 5.88 Å². The highest BCUT2D eigenvalue weighted by Gasteiger charge is 2.06. The van der Waals surface area contributed by atoms with Crippen molar-refractivity contribution in [1.29, 1.82) is 0 Å². The lowest BCUT2D eigenvalue weighted by molar-refractivity contribution is 0.247. The monoisotopic (exact) mass is 300 g/mol. The molecule has 0 saturated heterocycles. The van der Waals surface area contributed by atoms with E-state index in [1.165, 1.54) is 16.2 Å². The minimum absolute atomic E-state index is 0. The molecule has 1 aromatic carbocycles. The number of fused-ring (bicyclic) bond motifs is 1. The predicted molar refractivity (Wildman–Crippen MR) is 84.8 cm³/mol. The molecule has 1 heterocycles. The van der Waals surface area contributed by atoms with Gasteiger partial charge in [0, 0.05) is 6.54 Å². The molecule has 0 unspecified atom stereocenters. The first kappa shape index (κ1) is 16.2. The van der Waals surface area contributed by atoms with E-state index >= 15 is 0 Å². The maximum absolute atomic E-state index is 5.77. The molecule has 0 saturated carbocycles. The molecule has 0 radical (unpaired) electrons. The first-order valence-corrected chi connectivity index (χ1v) is 7.32. The highest BCUT2D eigenvalue weighted by atomic mass is 35.5. The van der Waals surface area contributed by atoms with Gasteiger partial charge in [-0.15, -0.1) is 12.4 Å². The molecule has 0 fully saturated rings. The average molecular weight is 301 g/mol. The van der Waals surface area contributed by atoms with Gasteiger partial charge in [-0.25, -0.2) is 0 Å². The van der Waals surface area contributed by atoms with Gasteiger partial charge < -0.3 is 9.64 Å². The number of nitrogens with zero attached hydrogens (tertiary/aromatic N) is 2. The van der Waals surface area contributed by atoms with Crippen molar-refractivity contribution >= 4 is 34.0 Å². The van der Waals surface area contributed by atoms with Gasteiger partial charge in [0.2, 0.25) is 5.88 Å². The van der Waals surface area contributed by atoms with Gasteiger partial charge in [0.15, 0.2) is 0 Å². The highest BCUT2D eigenvalue weighted by Crippen LogP contribution is 2.27. The van der Waals surface area contributed by atoms with Crippen molar-refractivity contribution in [3.8, 4) is 5.88 Å². The third-order valence-electron chi connectivity index (χ3n) is 3.10. The molecule has 0 bridgehead atoms. The molecule has 0 spiro atoms. The van der Waals surface area contributed by atoms with E-state index in [-0.39, 0.29) is 12.4 Å². The van der Waals surface area contributed by atoms with E-state index in [9.17, 15) is 0 Å². The molecule has 0 aliphatic rings. The average Bonchev–Trinajstić information content (AvgIpc) is 2.82. The van der Waals surface area contributed by atoms with Crippen LogP contribution in [0.2, 0.25) is 0 Å². The SMILES string of the molecule is CCN(CC)CCCOc1nsc2ccccc12.Cl. The Morgan fingerprint density at radius 3 is 2.68 bits per heavy atom. The molecule has 0 N–H and O–H groups in total. The summed E-state index contributed by atoms with van der Waals surface area (Å²) in [6, 6.07) is 8.21. The van der Waals surface area contributed by atoms with Crippen LogP contribution in [-0.2, 0) is 0 Å². The van der Waals surface area contributed by atoms with Crippen LogP contribution in [0.15, 0.2) is 24.3 Å². The van der Waals surface area contributed by atoms with Gasteiger partial charge in [-0.2, -0.15) is 4.37 Å². The van der Waals surface area contributed by atoms with Crippen molar-refractivity contribution in [1.82, 2.24) is 9.27 Å². The Bertz CT molecular complexity index is 485. The van der Waals surface area contributed by atoms with Gasteiger partial charge in [0.1, 0.15) is 0 Å². The maximum atomic E-state index is 5.77. The van der Waals surface area contributed by atoms with Crippen LogP contribution < -0.4 is 4.74 Å². The standard InChI is InChI=1S/C14H20N2OS.ClH/c1-3-16(4-2)10-7-11-17-14-12-8-5-6-9-13(12)18-15-14;/h5-6,8-9H,3-4,7,10-11H2,1-2H3;1H. The number of hydrogen-bond donors (Lipinski definition) is 0. The Morgan fingerprint density at radius 2 is 1.95 bits per heavy atom. The molecule has 2 aromatic rings. The van der Waals surface area contributed by atoms with E-state index in [4.69, 9.17) is 4.74 Å². The molecule has 2 rings (SSSR count). The van der Waals surface area contributed by atoms with Gasteiger partial charge >= 0.3 is 0 Å². The van der Waals surface area contributed by atoms with Crippen LogP contribution in [-0.4, -0.2) is 35.5 Å². The van der Waals surface area contributed by atoms with E-state index in [1.54, 1.807) is 0 Å². The topological polar surface area (TPSA) is 25.4 Å². The van der Waals surface area contributed by atoms with E-state index in [1.807, 2.05) is 12.1 Å². The number of halogens is 1. The van der Waals surface area contributed by atoms with Gasteiger partial charge in [-0.1, -0.05) is 26.0 Å². The van der Waals surface area contributed by atoms with Crippen molar-refractivity contribution in [2.24, 2.45) is 0 Å². The van der Waals surface area contributed by atoms with Gasteiger partial charge in [-0.05, 0) is 43.2 Å². The number of ether oxygens (including phenoxy) is 1. The van der Waals surface area contributed by atoms with Crippen LogP contribution in [0.3, 0.4) is 0 Å². The number of rotatable bonds is 7. The third-order valence-corrected chi connectivity index (χ3v) is 3.91. The van der Waals surface area contributed by atoms with E-state index < -0.39 is 0 Å². The van der Waals surface area contributed by atoms with Crippen LogP contribution in [0.1, 0.15) is 20.3 Å². The lowest BCUT2D eigenvalue weighted by atomic mass is 10.3. The highest BCUT2D eigenvalue weighted by molar-refractivity contribution is 7.13. The normalized spacial score (nSPS) is 10.7. The van der Waals surface area contributed by atoms with Crippen LogP contribution in [0, 0.1) is 0 Å². The molecule has 3 nitrogen and oxygen atoms in total.